The van der Waals surface area contributed by atoms with Crippen LogP contribution in [0.3, 0.4) is 0 Å². The lowest BCUT2D eigenvalue weighted by Gasteiger charge is -2.51. The Hall–Kier alpha value is -2.68. The summed E-state index contributed by atoms with van der Waals surface area (Å²) < 4.78 is 22.0. The zero-order chi connectivity index (χ0) is 39.7. The number of hydrogen-bond donors (Lipinski definition) is 1. The standard InChI is InChI=1S/C28H38N2O2.C22H30O3.2ClH/c1-4-19-15-24-20(16-26(19)32-18-31-3)8-9-23-22(24)12-13-28(2)25(23)10-11-27(28)30-17-21-7-5-6-14-29-21;1-4-14-11-18-15(12-20(14)25-13-24-3)5-6-17-16(18)9-10-22(2)19(17)7-8-21(22)23;;/h5-7,14-16,22-23,25,27,30H,4,8-13,17-18H2,1-3H3;11-12,16-17,19H,4-10,13H2,1-3H3;2*1H/t22?,23?,25?,27-,28-;16?,17?,19?,22-;;/m00../s1. The number of aryl methyl sites for hydroxylation is 4. The Morgan fingerprint density at radius 1 is 0.712 bits per heavy atom. The van der Waals surface area contributed by atoms with Crippen LogP contribution in [0.5, 0.6) is 11.5 Å². The van der Waals surface area contributed by atoms with Crippen LogP contribution >= 0.6 is 24.8 Å². The molecular weight excluding hydrogens is 779 g/mol. The van der Waals surface area contributed by atoms with Gasteiger partial charge in [0.2, 0.25) is 0 Å². The van der Waals surface area contributed by atoms with Crippen LogP contribution in [0, 0.1) is 34.5 Å². The molecule has 0 aliphatic heterocycles. The van der Waals surface area contributed by atoms with Gasteiger partial charge in [-0.15, -0.1) is 24.8 Å². The van der Waals surface area contributed by atoms with E-state index in [1.165, 1.54) is 67.2 Å². The molecule has 1 N–H and O–H groups in total. The van der Waals surface area contributed by atoms with Crippen LogP contribution in [0.15, 0.2) is 48.7 Å². The van der Waals surface area contributed by atoms with Gasteiger partial charge in [0.15, 0.2) is 13.6 Å². The third kappa shape index (κ3) is 8.72. The Labute approximate surface area is 366 Å². The number of ether oxygens (including phenoxy) is 4. The van der Waals surface area contributed by atoms with Crippen LogP contribution in [0.1, 0.15) is 143 Å². The molecule has 0 saturated heterocycles. The SMILES string of the molecule is CCc1cc2c(cc1OCOC)CCC1C2CC[C@@]2(C)C1CC[C@@H]2NCc1ccccn1.CCc1cc2c(cc1OCOC)CCC1C2CC[C@]2(C)C(=O)CCC12.Cl.Cl. The Morgan fingerprint density at radius 3 is 1.86 bits per heavy atom. The molecule has 59 heavy (non-hydrogen) atoms. The van der Waals surface area contributed by atoms with Crippen LogP contribution in [0.4, 0.5) is 0 Å². The topological polar surface area (TPSA) is 78.9 Å². The van der Waals surface area contributed by atoms with E-state index in [9.17, 15) is 4.79 Å². The zero-order valence-corrected chi connectivity index (χ0v) is 38.1. The Bertz CT molecular complexity index is 1890. The molecule has 6 aliphatic rings. The lowest BCUT2D eigenvalue weighted by Crippen LogP contribution is -2.48. The van der Waals surface area contributed by atoms with Gasteiger partial charge in [-0.2, -0.15) is 0 Å². The van der Waals surface area contributed by atoms with Gasteiger partial charge in [-0.3, -0.25) is 9.78 Å². The number of ketones is 1. The fraction of sp³-hybridized carbons (Fsp3) is 0.640. The monoisotopic (exact) mass is 848 g/mol. The van der Waals surface area contributed by atoms with Crippen molar-refractivity contribution in [1.82, 2.24) is 10.3 Å². The summed E-state index contributed by atoms with van der Waals surface area (Å²) in [6.45, 7) is 10.8. The number of aromatic nitrogens is 1. The molecule has 324 valence electrons. The van der Waals surface area contributed by atoms with E-state index in [0.717, 1.165) is 80.5 Å². The van der Waals surface area contributed by atoms with Crippen molar-refractivity contribution in [2.45, 2.75) is 142 Å². The number of halogens is 2. The minimum atomic E-state index is -0.0340. The van der Waals surface area contributed by atoms with E-state index in [-0.39, 0.29) is 30.2 Å². The highest BCUT2D eigenvalue weighted by Crippen LogP contribution is 2.62. The zero-order valence-electron chi connectivity index (χ0n) is 36.5. The maximum absolute atomic E-state index is 12.5. The van der Waals surface area contributed by atoms with Crippen LogP contribution in [0.25, 0.3) is 0 Å². The lowest BCUT2D eigenvalue weighted by molar-refractivity contribution is -0.129. The number of pyridine rings is 1. The summed E-state index contributed by atoms with van der Waals surface area (Å²) in [5, 5.41) is 3.91. The predicted molar refractivity (Wildman–Crippen MR) is 240 cm³/mol. The number of carbonyl (C=O) groups excluding carboxylic acids is 1. The molecule has 0 bridgehead atoms. The van der Waals surface area contributed by atoms with E-state index in [2.05, 4.69) is 74.4 Å². The predicted octanol–water partition coefficient (Wildman–Crippen LogP) is 11.1. The van der Waals surface area contributed by atoms with Crippen LogP contribution in [0.2, 0.25) is 0 Å². The van der Waals surface area contributed by atoms with E-state index < -0.39 is 0 Å². The average Bonchev–Trinajstić information content (AvgIpc) is 3.75. The number of fused-ring (bicyclic) bond motifs is 10. The Kier molecular flexibility index (Phi) is 15.2. The van der Waals surface area contributed by atoms with E-state index in [4.69, 9.17) is 18.9 Å². The molecule has 9 rings (SSSR count). The summed E-state index contributed by atoms with van der Waals surface area (Å²) in [4.78, 5) is 17.0. The molecule has 3 aromatic rings. The van der Waals surface area contributed by atoms with Crippen LogP contribution < -0.4 is 14.8 Å². The summed E-state index contributed by atoms with van der Waals surface area (Å²) in [5.74, 6) is 6.81. The largest absolute Gasteiger partial charge is 0.467 e. The molecule has 1 heterocycles. The first-order valence-electron chi connectivity index (χ1n) is 22.4. The van der Waals surface area contributed by atoms with Gasteiger partial charge < -0.3 is 24.3 Å². The molecule has 2 aromatic carbocycles. The number of nitrogens with zero attached hydrogens (tertiary/aromatic N) is 1. The molecule has 4 saturated carbocycles. The van der Waals surface area contributed by atoms with Crippen molar-refractivity contribution in [2.24, 2.45) is 34.5 Å². The van der Waals surface area contributed by atoms with Gasteiger partial charge in [-0.1, -0.05) is 45.9 Å². The van der Waals surface area contributed by atoms with E-state index in [1.807, 2.05) is 12.3 Å². The quantitative estimate of drug-likeness (QED) is 0.193. The van der Waals surface area contributed by atoms with E-state index in [1.54, 1.807) is 25.3 Å². The molecule has 0 amide bonds. The normalized spacial score (nSPS) is 31.0. The van der Waals surface area contributed by atoms with Gasteiger partial charge >= 0.3 is 0 Å². The Morgan fingerprint density at radius 2 is 1.31 bits per heavy atom. The molecular formula is C50H70Cl2N2O5. The van der Waals surface area contributed by atoms with Gasteiger partial charge in [0, 0.05) is 44.8 Å². The smallest absolute Gasteiger partial charge is 0.188 e. The summed E-state index contributed by atoms with van der Waals surface area (Å²) in [6, 6.07) is 16.3. The highest BCUT2D eigenvalue weighted by Gasteiger charge is 2.56. The fourth-order valence-electron chi connectivity index (χ4n) is 13.2. The van der Waals surface area contributed by atoms with Crippen molar-refractivity contribution in [3.63, 3.8) is 0 Å². The van der Waals surface area contributed by atoms with Crippen molar-refractivity contribution in [1.29, 1.82) is 0 Å². The fourth-order valence-corrected chi connectivity index (χ4v) is 13.2. The number of methoxy groups -OCH3 is 2. The highest BCUT2D eigenvalue weighted by atomic mass is 35.5. The average molecular weight is 850 g/mol. The lowest BCUT2D eigenvalue weighted by atomic mass is 9.55. The second-order valence-corrected chi connectivity index (χ2v) is 18.8. The third-order valence-electron chi connectivity index (χ3n) is 16.2. The minimum Gasteiger partial charge on any atom is -0.467 e. The third-order valence-corrected chi connectivity index (χ3v) is 16.2. The molecule has 1 aromatic heterocycles. The molecule has 9 atom stereocenters. The summed E-state index contributed by atoms with van der Waals surface area (Å²) >= 11 is 0. The van der Waals surface area contributed by atoms with Gasteiger partial charge in [-0.05, 0) is 182 Å². The maximum atomic E-state index is 12.5. The number of rotatable bonds is 11. The van der Waals surface area contributed by atoms with Crippen molar-refractivity contribution in [3.05, 3.63) is 87.7 Å². The highest BCUT2D eigenvalue weighted by molar-refractivity contribution is 5.87. The molecule has 6 aliphatic carbocycles. The van der Waals surface area contributed by atoms with Gasteiger partial charge in [-0.25, -0.2) is 0 Å². The van der Waals surface area contributed by atoms with Crippen molar-refractivity contribution in [2.75, 3.05) is 27.8 Å². The molecule has 6 unspecified atom stereocenters. The van der Waals surface area contributed by atoms with Gasteiger partial charge in [0.1, 0.15) is 17.3 Å². The van der Waals surface area contributed by atoms with Gasteiger partial charge in [0.25, 0.3) is 0 Å². The van der Waals surface area contributed by atoms with E-state index >= 15 is 0 Å². The summed E-state index contributed by atoms with van der Waals surface area (Å²) in [6.07, 6.45) is 18.2. The number of Topliss-reactive ketones (excluding diaryl/α,β-unsaturated/α-hetero) is 1. The first kappa shape index (κ1) is 45.8. The number of benzene rings is 2. The molecule has 7 nitrogen and oxygen atoms in total. The molecule has 4 fully saturated rings. The van der Waals surface area contributed by atoms with Crippen molar-refractivity contribution in [3.8, 4) is 11.5 Å². The molecule has 9 heteroatoms. The molecule has 0 radical (unpaired) electrons. The first-order chi connectivity index (χ1) is 27.7. The minimum absolute atomic E-state index is 0. The Balaban J connectivity index is 0.000000197. The van der Waals surface area contributed by atoms with E-state index in [0.29, 0.717) is 54.5 Å². The first-order valence-corrected chi connectivity index (χ1v) is 22.4. The summed E-state index contributed by atoms with van der Waals surface area (Å²) in [5.41, 5.74) is 10.3. The maximum Gasteiger partial charge on any atom is 0.188 e. The van der Waals surface area contributed by atoms with Crippen molar-refractivity contribution >= 4 is 30.6 Å². The summed E-state index contributed by atoms with van der Waals surface area (Å²) in [7, 11) is 3.35. The van der Waals surface area contributed by atoms with Crippen LogP contribution in [-0.2, 0) is 46.5 Å². The number of hydrogen-bond acceptors (Lipinski definition) is 7. The number of carbonyl (C=O) groups is 1. The second-order valence-electron chi connectivity index (χ2n) is 18.8. The van der Waals surface area contributed by atoms with Crippen LogP contribution in [-0.4, -0.2) is 44.6 Å². The number of nitrogens with one attached hydrogen (secondary N) is 1. The van der Waals surface area contributed by atoms with Crippen molar-refractivity contribution < 1.29 is 23.7 Å². The second kappa shape index (κ2) is 19.6. The molecule has 0 spiro atoms. The van der Waals surface area contributed by atoms with Gasteiger partial charge in [0.05, 0.1) is 5.69 Å².